The van der Waals surface area contributed by atoms with Gasteiger partial charge in [0.1, 0.15) is 0 Å². The van der Waals surface area contributed by atoms with Gasteiger partial charge in [-0.05, 0) is 36.5 Å². The highest BCUT2D eigenvalue weighted by Crippen LogP contribution is 2.30. The van der Waals surface area contributed by atoms with Gasteiger partial charge in [-0.25, -0.2) is 4.39 Å². The summed E-state index contributed by atoms with van der Waals surface area (Å²) in [6.07, 6.45) is 1.79. The topological polar surface area (TPSA) is 35.2 Å². The second-order valence-electron chi connectivity index (χ2n) is 3.85. The first-order chi connectivity index (χ1) is 7.13. The molecule has 2 rings (SSSR count). The lowest BCUT2D eigenvalue weighted by molar-refractivity contribution is 0.366. The zero-order valence-corrected chi connectivity index (χ0v) is 9.74. The molecule has 1 aliphatic rings. The quantitative estimate of drug-likeness (QED) is 0.828. The molecule has 1 aromatic carbocycles. The van der Waals surface area contributed by atoms with Crippen molar-refractivity contribution >= 4 is 12.4 Å². The highest BCUT2D eigenvalue weighted by Gasteiger charge is 2.23. The first kappa shape index (κ1) is 13.2. The first-order valence-electron chi connectivity index (χ1n) is 4.92. The number of hydrogen-bond donors (Lipinski definition) is 1. The van der Waals surface area contributed by atoms with Crippen molar-refractivity contribution in [3.63, 3.8) is 0 Å². The summed E-state index contributed by atoms with van der Waals surface area (Å²) in [6.45, 7) is 0. The molecule has 0 saturated heterocycles. The van der Waals surface area contributed by atoms with Crippen LogP contribution in [0, 0.1) is 11.6 Å². The lowest BCUT2D eigenvalue weighted by Crippen LogP contribution is -2.28. The predicted octanol–water partition coefficient (Wildman–Crippen LogP) is 2.21. The van der Waals surface area contributed by atoms with E-state index in [2.05, 4.69) is 0 Å². The molecule has 0 amide bonds. The summed E-state index contributed by atoms with van der Waals surface area (Å²) in [6, 6.07) is 1.58. The molecule has 16 heavy (non-hydrogen) atoms. The van der Waals surface area contributed by atoms with Crippen LogP contribution in [0.4, 0.5) is 8.78 Å². The maximum atomic E-state index is 13.6. The molecule has 0 saturated carbocycles. The number of hydrogen-bond acceptors (Lipinski definition) is 2. The van der Waals surface area contributed by atoms with E-state index in [1.807, 2.05) is 0 Å². The van der Waals surface area contributed by atoms with Gasteiger partial charge in [0.25, 0.3) is 0 Å². The third-order valence-electron chi connectivity index (χ3n) is 2.83. The Morgan fingerprint density at radius 2 is 2.06 bits per heavy atom. The molecule has 0 fully saturated rings. The smallest absolute Gasteiger partial charge is 0.200 e. The maximum Gasteiger partial charge on any atom is 0.200 e. The Balaban J connectivity index is 0.00000128. The molecule has 1 unspecified atom stereocenters. The van der Waals surface area contributed by atoms with Gasteiger partial charge in [0.15, 0.2) is 11.6 Å². The van der Waals surface area contributed by atoms with Crippen LogP contribution < -0.4 is 10.5 Å². The lowest BCUT2D eigenvalue weighted by atomic mass is 9.88. The van der Waals surface area contributed by atoms with Crippen molar-refractivity contribution in [1.29, 1.82) is 0 Å². The molecule has 2 nitrogen and oxygen atoms in total. The van der Waals surface area contributed by atoms with Crippen LogP contribution in [-0.4, -0.2) is 13.2 Å². The third kappa shape index (κ3) is 2.13. The van der Waals surface area contributed by atoms with Gasteiger partial charge < -0.3 is 10.5 Å². The summed E-state index contributed by atoms with van der Waals surface area (Å²) in [5, 5.41) is 0. The van der Waals surface area contributed by atoms with Crippen LogP contribution in [0.25, 0.3) is 0 Å². The summed E-state index contributed by atoms with van der Waals surface area (Å²) >= 11 is 0. The van der Waals surface area contributed by atoms with Gasteiger partial charge in [-0.2, -0.15) is 4.39 Å². The maximum absolute atomic E-state index is 13.6. The molecule has 5 heteroatoms. The molecule has 0 heterocycles. The molecule has 90 valence electrons. The third-order valence-corrected chi connectivity index (χ3v) is 2.83. The van der Waals surface area contributed by atoms with E-state index in [1.165, 1.54) is 7.11 Å². The Hall–Kier alpha value is -0.870. The van der Waals surface area contributed by atoms with Crippen molar-refractivity contribution in [2.24, 2.45) is 5.73 Å². The number of fused-ring (bicyclic) bond motifs is 1. The SMILES string of the molecule is COc1cc2c(c(F)c1F)CCC(N)C2.Cl. The van der Waals surface area contributed by atoms with Crippen molar-refractivity contribution in [2.75, 3.05) is 7.11 Å². The van der Waals surface area contributed by atoms with E-state index in [0.29, 0.717) is 24.8 Å². The molecular weight excluding hydrogens is 236 g/mol. The van der Waals surface area contributed by atoms with E-state index in [4.69, 9.17) is 10.5 Å². The van der Waals surface area contributed by atoms with Gasteiger partial charge in [-0.3, -0.25) is 0 Å². The van der Waals surface area contributed by atoms with Crippen LogP contribution in [0.5, 0.6) is 5.75 Å². The van der Waals surface area contributed by atoms with Crippen molar-refractivity contribution in [3.8, 4) is 5.75 Å². The summed E-state index contributed by atoms with van der Waals surface area (Å²) in [7, 11) is 1.33. The Morgan fingerprint density at radius 1 is 1.38 bits per heavy atom. The van der Waals surface area contributed by atoms with Crippen LogP contribution in [0.1, 0.15) is 17.5 Å². The van der Waals surface area contributed by atoms with Gasteiger partial charge in [0, 0.05) is 6.04 Å². The molecule has 1 atom stereocenters. The number of ether oxygens (including phenoxy) is 1. The van der Waals surface area contributed by atoms with Crippen LogP contribution in [0.3, 0.4) is 0 Å². The van der Waals surface area contributed by atoms with Crippen LogP contribution >= 0.6 is 12.4 Å². The molecule has 0 spiro atoms. The second kappa shape index (κ2) is 4.97. The highest BCUT2D eigenvalue weighted by atomic mass is 35.5. The first-order valence-corrected chi connectivity index (χ1v) is 4.92. The summed E-state index contributed by atoms with van der Waals surface area (Å²) in [5.41, 5.74) is 6.99. The van der Waals surface area contributed by atoms with Crippen molar-refractivity contribution < 1.29 is 13.5 Å². The summed E-state index contributed by atoms with van der Waals surface area (Å²) in [5.74, 6) is -1.72. The zero-order valence-electron chi connectivity index (χ0n) is 8.93. The molecular formula is C11H14ClF2NO. The molecule has 1 aliphatic carbocycles. The number of benzene rings is 1. The van der Waals surface area contributed by atoms with Gasteiger partial charge in [0.05, 0.1) is 7.11 Å². The van der Waals surface area contributed by atoms with Crippen molar-refractivity contribution in [1.82, 2.24) is 0 Å². The van der Waals surface area contributed by atoms with E-state index >= 15 is 0 Å². The van der Waals surface area contributed by atoms with E-state index in [1.54, 1.807) is 6.07 Å². The molecule has 0 aliphatic heterocycles. The number of rotatable bonds is 1. The molecule has 1 aromatic rings. The Morgan fingerprint density at radius 3 is 2.69 bits per heavy atom. The number of nitrogens with two attached hydrogens (primary N) is 1. The normalized spacial score (nSPS) is 18.6. The standard InChI is InChI=1S/C11H13F2NO.ClH/c1-15-9-5-6-4-7(14)2-3-8(6)10(12)11(9)13;/h5,7H,2-4,14H2,1H3;1H. The Labute approximate surface area is 99.2 Å². The number of halogens is 3. The van der Waals surface area contributed by atoms with Gasteiger partial charge in [0.2, 0.25) is 5.82 Å². The largest absolute Gasteiger partial charge is 0.494 e. The minimum absolute atomic E-state index is 0. The van der Waals surface area contributed by atoms with E-state index < -0.39 is 11.6 Å². The monoisotopic (exact) mass is 249 g/mol. The van der Waals surface area contributed by atoms with Crippen molar-refractivity contribution in [3.05, 3.63) is 28.8 Å². The average molecular weight is 250 g/mol. The fourth-order valence-electron chi connectivity index (χ4n) is 2.01. The fourth-order valence-corrected chi connectivity index (χ4v) is 2.01. The van der Waals surface area contributed by atoms with Crippen molar-refractivity contribution in [2.45, 2.75) is 25.3 Å². The minimum atomic E-state index is -0.897. The van der Waals surface area contributed by atoms with E-state index in [0.717, 1.165) is 5.56 Å². The van der Waals surface area contributed by atoms with Gasteiger partial charge in [-0.15, -0.1) is 12.4 Å². The van der Waals surface area contributed by atoms with Gasteiger partial charge >= 0.3 is 0 Å². The molecule has 0 aromatic heterocycles. The Bertz CT molecular complexity index is 398. The predicted molar refractivity (Wildman–Crippen MR) is 60.2 cm³/mol. The molecule has 0 bridgehead atoms. The zero-order chi connectivity index (χ0) is 11.0. The molecule has 2 N–H and O–H groups in total. The average Bonchev–Trinajstić information content (AvgIpc) is 2.23. The summed E-state index contributed by atoms with van der Waals surface area (Å²) in [4.78, 5) is 0. The second-order valence-corrected chi connectivity index (χ2v) is 3.85. The van der Waals surface area contributed by atoms with E-state index in [9.17, 15) is 8.78 Å². The lowest BCUT2D eigenvalue weighted by Gasteiger charge is -2.22. The van der Waals surface area contributed by atoms with Crippen LogP contribution in [0.2, 0.25) is 0 Å². The van der Waals surface area contributed by atoms with Crippen LogP contribution in [0.15, 0.2) is 6.07 Å². The van der Waals surface area contributed by atoms with Gasteiger partial charge in [-0.1, -0.05) is 0 Å². The van der Waals surface area contributed by atoms with Crippen LogP contribution in [-0.2, 0) is 12.8 Å². The van der Waals surface area contributed by atoms with E-state index in [-0.39, 0.29) is 24.2 Å². The Kier molecular flexibility index (Phi) is 4.10. The summed E-state index contributed by atoms with van der Waals surface area (Å²) < 4.78 is 31.7. The highest BCUT2D eigenvalue weighted by molar-refractivity contribution is 5.85. The molecule has 0 radical (unpaired) electrons. The minimum Gasteiger partial charge on any atom is -0.494 e. The fraction of sp³-hybridized carbons (Fsp3) is 0.455. The number of methoxy groups -OCH3 is 1.